The molecule has 0 bridgehead atoms. The number of nitrogens with zero attached hydrogens (tertiary/aromatic N) is 1. The van der Waals surface area contributed by atoms with Gasteiger partial charge < -0.3 is 29.4 Å². The van der Waals surface area contributed by atoms with Crippen LogP contribution in [-0.4, -0.2) is 54.6 Å². The van der Waals surface area contributed by atoms with Gasteiger partial charge in [-0.05, 0) is 128 Å². The summed E-state index contributed by atoms with van der Waals surface area (Å²) >= 11 is 6.29. The number of aryl methyl sites for hydroxylation is 1. The van der Waals surface area contributed by atoms with E-state index in [4.69, 9.17) is 30.5 Å². The van der Waals surface area contributed by atoms with E-state index in [9.17, 15) is 9.90 Å². The SMILES string of the molecule is COCC1CCOc2cc3c(cc2O1)C1(CCC(Nc2cccc(Cl)c2)(C(=O)O)CC1)C(C[C@@H](C)COc1ccnc2c1[C@H](C)CCC2)C3. The summed E-state index contributed by atoms with van der Waals surface area (Å²) in [4.78, 5) is 17.6. The predicted octanol–water partition coefficient (Wildman–Crippen LogP) is 8.38. The van der Waals surface area contributed by atoms with Gasteiger partial charge in [-0.3, -0.25) is 4.98 Å². The van der Waals surface area contributed by atoms with Gasteiger partial charge in [-0.2, -0.15) is 0 Å². The maximum absolute atomic E-state index is 13.0. The number of hydrogen-bond acceptors (Lipinski definition) is 7. The molecule has 49 heavy (non-hydrogen) atoms. The minimum Gasteiger partial charge on any atom is -0.493 e. The van der Waals surface area contributed by atoms with Crippen LogP contribution in [0.15, 0.2) is 48.7 Å². The van der Waals surface area contributed by atoms with Crippen molar-refractivity contribution in [1.82, 2.24) is 4.98 Å². The van der Waals surface area contributed by atoms with Gasteiger partial charge >= 0.3 is 5.97 Å². The molecule has 2 unspecified atom stereocenters. The summed E-state index contributed by atoms with van der Waals surface area (Å²) < 4.78 is 24.7. The number of aromatic nitrogens is 1. The Morgan fingerprint density at radius 3 is 2.76 bits per heavy atom. The lowest BCUT2D eigenvalue weighted by atomic mass is 9.59. The largest absolute Gasteiger partial charge is 0.493 e. The number of halogens is 1. The van der Waals surface area contributed by atoms with Crippen LogP contribution < -0.4 is 19.5 Å². The van der Waals surface area contributed by atoms with E-state index >= 15 is 0 Å². The Morgan fingerprint density at radius 1 is 1.14 bits per heavy atom. The first-order valence-corrected chi connectivity index (χ1v) is 18.4. The topological polar surface area (TPSA) is 99.1 Å². The monoisotopic (exact) mass is 688 g/mol. The van der Waals surface area contributed by atoms with Gasteiger partial charge in [0.25, 0.3) is 0 Å². The van der Waals surface area contributed by atoms with Gasteiger partial charge in [-0.1, -0.05) is 31.5 Å². The second-order valence-corrected chi connectivity index (χ2v) is 15.4. The number of carbonyl (C=O) groups is 1. The van der Waals surface area contributed by atoms with Crippen LogP contribution in [0.2, 0.25) is 5.02 Å². The summed E-state index contributed by atoms with van der Waals surface area (Å²) in [6, 6.07) is 13.8. The minimum absolute atomic E-state index is 0.0795. The number of carboxylic acids is 1. The van der Waals surface area contributed by atoms with E-state index in [-0.39, 0.29) is 11.5 Å². The Labute approximate surface area is 294 Å². The fourth-order valence-corrected chi connectivity index (χ4v) is 9.35. The van der Waals surface area contributed by atoms with Crippen LogP contribution in [-0.2, 0) is 27.8 Å². The molecule has 4 atom stereocenters. The summed E-state index contributed by atoms with van der Waals surface area (Å²) in [5.41, 5.74) is 4.49. The van der Waals surface area contributed by atoms with Crippen molar-refractivity contribution in [1.29, 1.82) is 0 Å². The zero-order valence-electron chi connectivity index (χ0n) is 28.9. The summed E-state index contributed by atoms with van der Waals surface area (Å²) in [5.74, 6) is 2.78. The van der Waals surface area contributed by atoms with Crippen molar-refractivity contribution in [3.63, 3.8) is 0 Å². The Balaban J connectivity index is 1.16. The van der Waals surface area contributed by atoms with Crippen molar-refractivity contribution >= 4 is 23.3 Å². The molecular formula is C40H49ClN2O6. The van der Waals surface area contributed by atoms with Gasteiger partial charge in [-0.25, -0.2) is 4.79 Å². The van der Waals surface area contributed by atoms with Gasteiger partial charge in [0, 0.05) is 41.7 Å². The Morgan fingerprint density at radius 2 is 1.98 bits per heavy atom. The lowest BCUT2D eigenvalue weighted by Crippen LogP contribution is -2.53. The lowest BCUT2D eigenvalue weighted by molar-refractivity contribution is -0.144. The number of benzene rings is 2. The normalized spacial score (nSPS) is 27.9. The number of rotatable bonds is 10. The molecule has 2 aromatic carbocycles. The third-order valence-corrected chi connectivity index (χ3v) is 11.9. The summed E-state index contributed by atoms with van der Waals surface area (Å²) in [5, 5.41) is 14.6. The zero-order chi connectivity index (χ0) is 34.2. The molecule has 0 radical (unpaired) electrons. The van der Waals surface area contributed by atoms with Gasteiger partial charge in [-0.15, -0.1) is 0 Å². The van der Waals surface area contributed by atoms with Crippen LogP contribution in [0.5, 0.6) is 17.2 Å². The van der Waals surface area contributed by atoms with E-state index in [0.29, 0.717) is 55.4 Å². The summed E-state index contributed by atoms with van der Waals surface area (Å²) in [6.07, 6.45) is 10.3. The van der Waals surface area contributed by atoms with Crippen LogP contribution in [0.25, 0.3) is 0 Å². The Hall–Kier alpha value is -3.49. The van der Waals surface area contributed by atoms with E-state index in [1.807, 2.05) is 24.4 Å². The molecule has 8 nitrogen and oxygen atoms in total. The van der Waals surface area contributed by atoms with Crippen LogP contribution in [0.3, 0.4) is 0 Å². The van der Waals surface area contributed by atoms with Crippen LogP contribution in [0, 0.1) is 11.8 Å². The van der Waals surface area contributed by atoms with Crippen LogP contribution >= 0.6 is 11.6 Å². The number of anilines is 1. The van der Waals surface area contributed by atoms with E-state index < -0.39 is 11.5 Å². The quantitative estimate of drug-likeness (QED) is 0.219. The first-order valence-electron chi connectivity index (χ1n) is 18.0. The number of hydrogen-bond donors (Lipinski definition) is 2. The molecule has 1 spiro atoms. The van der Waals surface area contributed by atoms with Crippen LogP contribution in [0.4, 0.5) is 5.69 Å². The molecule has 0 amide bonds. The van der Waals surface area contributed by atoms with Gasteiger partial charge in [0.2, 0.25) is 0 Å². The van der Waals surface area contributed by atoms with Crippen molar-refractivity contribution < 1.29 is 28.8 Å². The highest BCUT2D eigenvalue weighted by Crippen LogP contribution is 2.58. The van der Waals surface area contributed by atoms with Crippen molar-refractivity contribution in [3.05, 3.63) is 76.1 Å². The standard InChI is InChI=1S/C40H49ClN2O6/c1-25(23-48-34-10-16-42-33-9-4-6-26(2)37(33)34)18-28-19-27-20-35-36(49-31(24-46-3)11-17-47-35)22-32(27)39(28)12-14-40(15-13-39,38(44)45)43-30-8-5-7-29(41)21-30/h5,7-8,10,16,20-22,25-26,28,31,43H,4,6,9,11-15,17-19,23-24H2,1-3H3,(H,44,45)/t25-,26-,28?,31?,39?,40?/m1/s1. The fourth-order valence-electron chi connectivity index (χ4n) is 9.16. The first-order chi connectivity index (χ1) is 23.7. The molecule has 0 saturated heterocycles. The molecule has 7 rings (SSSR count). The van der Waals surface area contributed by atoms with Gasteiger partial charge in [0.15, 0.2) is 11.5 Å². The molecule has 2 heterocycles. The molecule has 1 saturated carbocycles. The van der Waals surface area contributed by atoms with Crippen molar-refractivity contribution in [2.75, 3.05) is 32.2 Å². The smallest absolute Gasteiger partial charge is 0.329 e. The number of nitrogens with one attached hydrogen (secondary N) is 1. The fraction of sp³-hybridized carbons (Fsp3) is 0.550. The molecule has 3 aromatic rings. The highest BCUT2D eigenvalue weighted by Gasteiger charge is 2.54. The number of ether oxygens (including phenoxy) is 4. The molecule has 2 N–H and O–H groups in total. The van der Waals surface area contributed by atoms with Crippen LogP contribution in [0.1, 0.15) is 93.5 Å². The number of methoxy groups -OCH3 is 1. The third kappa shape index (κ3) is 6.71. The molecule has 3 aliphatic carbocycles. The molecule has 9 heteroatoms. The number of fused-ring (bicyclic) bond motifs is 4. The maximum atomic E-state index is 13.0. The van der Waals surface area contributed by atoms with Crippen molar-refractivity contribution in [3.8, 4) is 17.2 Å². The summed E-state index contributed by atoms with van der Waals surface area (Å²) in [6.45, 7) is 6.28. The predicted molar refractivity (Wildman–Crippen MR) is 190 cm³/mol. The number of aliphatic carboxylic acids is 1. The number of pyridine rings is 1. The molecular weight excluding hydrogens is 640 g/mol. The average molecular weight is 689 g/mol. The highest BCUT2D eigenvalue weighted by molar-refractivity contribution is 6.30. The minimum atomic E-state index is -1.08. The van der Waals surface area contributed by atoms with E-state index in [1.165, 1.54) is 35.2 Å². The maximum Gasteiger partial charge on any atom is 0.329 e. The molecule has 1 aliphatic heterocycles. The van der Waals surface area contributed by atoms with E-state index in [1.54, 1.807) is 19.2 Å². The zero-order valence-corrected chi connectivity index (χ0v) is 29.7. The highest BCUT2D eigenvalue weighted by atomic mass is 35.5. The van der Waals surface area contributed by atoms with Gasteiger partial charge in [0.1, 0.15) is 17.4 Å². The number of carboxylic acid groups (broad SMARTS) is 1. The second kappa shape index (κ2) is 14.0. The Kier molecular flexibility index (Phi) is 9.73. The molecule has 262 valence electrons. The van der Waals surface area contributed by atoms with E-state index in [2.05, 4.69) is 36.3 Å². The molecule has 4 aliphatic rings. The van der Waals surface area contributed by atoms with Gasteiger partial charge in [0.05, 0.1) is 19.8 Å². The third-order valence-electron chi connectivity index (χ3n) is 11.7. The van der Waals surface area contributed by atoms with Crippen molar-refractivity contribution in [2.45, 2.75) is 101 Å². The van der Waals surface area contributed by atoms with Crippen molar-refractivity contribution in [2.24, 2.45) is 11.8 Å². The Bertz CT molecular complexity index is 1670. The lowest BCUT2D eigenvalue weighted by Gasteiger charge is -2.47. The molecule has 1 fully saturated rings. The summed E-state index contributed by atoms with van der Waals surface area (Å²) in [7, 11) is 1.70. The first kappa shape index (κ1) is 34.0. The average Bonchev–Trinajstić information content (AvgIpc) is 3.20. The molecule has 1 aromatic heterocycles. The van der Waals surface area contributed by atoms with E-state index in [0.717, 1.165) is 61.5 Å². The second-order valence-electron chi connectivity index (χ2n) is 15.0.